The second-order valence-corrected chi connectivity index (χ2v) is 6.92. The van der Waals surface area contributed by atoms with E-state index in [2.05, 4.69) is 24.0 Å². The van der Waals surface area contributed by atoms with Gasteiger partial charge in [0.25, 0.3) is 0 Å². The van der Waals surface area contributed by atoms with Gasteiger partial charge in [-0.3, -0.25) is 4.90 Å². The maximum atomic E-state index is 10.0. The minimum atomic E-state index is -0.709. The lowest BCUT2D eigenvalue weighted by Gasteiger charge is -2.27. The molecule has 2 aromatic heterocycles. The number of aliphatic hydroxyl groups is 1. The third kappa shape index (κ3) is 4.82. The van der Waals surface area contributed by atoms with Crippen molar-refractivity contribution < 1.29 is 9.52 Å². The van der Waals surface area contributed by atoms with E-state index in [-0.39, 0.29) is 0 Å². The number of furan rings is 1. The predicted octanol–water partition coefficient (Wildman–Crippen LogP) is 3.42. The van der Waals surface area contributed by atoms with Crippen molar-refractivity contribution in [3.05, 3.63) is 46.0 Å². The van der Waals surface area contributed by atoms with E-state index in [0.717, 1.165) is 12.3 Å². The summed E-state index contributed by atoms with van der Waals surface area (Å²) in [6.45, 7) is 7.95. The fraction of sp³-hybridized carbons (Fsp3) is 0.467. The van der Waals surface area contributed by atoms with Gasteiger partial charge in [0, 0.05) is 22.8 Å². The van der Waals surface area contributed by atoms with Gasteiger partial charge < -0.3 is 9.52 Å². The normalized spacial score (nSPS) is 12.3. The minimum Gasteiger partial charge on any atom is -0.468 e. The Morgan fingerprint density at radius 2 is 2.05 bits per heavy atom. The molecule has 2 heterocycles. The SMILES string of the molecule is Cc1ccc(CN(Cc2ccco2)CC(C)(C)O)s1. The molecule has 0 spiro atoms. The Hall–Kier alpha value is -1.10. The molecule has 0 radical (unpaired) electrons. The molecule has 0 fully saturated rings. The number of hydrogen-bond acceptors (Lipinski definition) is 4. The number of hydrogen-bond donors (Lipinski definition) is 1. The highest BCUT2D eigenvalue weighted by Gasteiger charge is 2.19. The van der Waals surface area contributed by atoms with Crippen LogP contribution < -0.4 is 0 Å². The van der Waals surface area contributed by atoms with E-state index in [0.29, 0.717) is 13.1 Å². The summed E-state index contributed by atoms with van der Waals surface area (Å²) in [5.74, 6) is 0.928. The zero-order valence-electron chi connectivity index (χ0n) is 11.7. The van der Waals surface area contributed by atoms with E-state index in [1.807, 2.05) is 26.0 Å². The first kappa shape index (κ1) is 14.3. The van der Waals surface area contributed by atoms with E-state index >= 15 is 0 Å². The largest absolute Gasteiger partial charge is 0.468 e. The van der Waals surface area contributed by atoms with Crippen LogP contribution in [0.5, 0.6) is 0 Å². The molecule has 0 aliphatic carbocycles. The monoisotopic (exact) mass is 279 g/mol. The van der Waals surface area contributed by atoms with Crippen LogP contribution in [0.15, 0.2) is 34.9 Å². The first-order chi connectivity index (χ1) is 8.92. The summed E-state index contributed by atoms with van der Waals surface area (Å²) in [4.78, 5) is 4.84. The topological polar surface area (TPSA) is 36.6 Å². The van der Waals surface area contributed by atoms with Crippen LogP contribution >= 0.6 is 11.3 Å². The summed E-state index contributed by atoms with van der Waals surface area (Å²) in [6.07, 6.45) is 1.69. The van der Waals surface area contributed by atoms with Crippen LogP contribution in [0.3, 0.4) is 0 Å². The van der Waals surface area contributed by atoms with Crippen molar-refractivity contribution in [1.29, 1.82) is 0 Å². The number of rotatable bonds is 6. The average Bonchev–Trinajstić information content (AvgIpc) is 2.88. The standard InChI is InChI=1S/C15H21NO2S/c1-12-6-7-14(19-12)10-16(11-15(2,3)17)9-13-5-4-8-18-13/h4-8,17H,9-11H2,1-3H3. The molecular formula is C15H21NO2S. The number of thiophene rings is 1. The van der Waals surface area contributed by atoms with E-state index < -0.39 is 5.60 Å². The van der Waals surface area contributed by atoms with Crippen LogP contribution in [0.4, 0.5) is 0 Å². The summed E-state index contributed by atoms with van der Waals surface area (Å²) in [5, 5.41) is 10.0. The third-order valence-electron chi connectivity index (χ3n) is 2.75. The average molecular weight is 279 g/mol. The molecule has 0 aromatic carbocycles. The molecule has 3 nitrogen and oxygen atoms in total. The molecule has 0 saturated heterocycles. The summed E-state index contributed by atoms with van der Waals surface area (Å²) in [6, 6.07) is 8.15. The van der Waals surface area contributed by atoms with Gasteiger partial charge in [-0.2, -0.15) is 0 Å². The molecular weight excluding hydrogens is 258 g/mol. The summed E-state index contributed by atoms with van der Waals surface area (Å²) >= 11 is 1.80. The second-order valence-electron chi connectivity index (χ2n) is 5.55. The summed E-state index contributed by atoms with van der Waals surface area (Å²) in [5.41, 5.74) is -0.709. The van der Waals surface area contributed by atoms with Gasteiger partial charge >= 0.3 is 0 Å². The second kappa shape index (κ2) is 5.90. The van der Waals surface area contributed by atoms with Crippen molar-refractivity contribution in [3.8, 4) is 0 Å². The Morgan fingerprint density at radius 1 is 1.26 bits per heavy atom. The summed E-state index contributed by atoms with van der Waals surface area (Å²) in [7, 11) is 0. The van der Waals surface area contributed by atoms with Crippen molar-refractivity contribution in [2.75, 3.05) is 6.54 Å². The van der Waals surface area contributed by atoms with Gasteiger partial charge in [-0.05, 0) is 45.0 Å². The highest BCUT2D eigenvalue weighted by Crippen LogP contribution is 2.20. The smallest absolute Gasteiger partial charge is 0.117 e. The Kier molecular flexibility index (Phi) is 4.45. The molecule has 0 atom stereocenters. The van der Waals surface area contributed by atoms with Crippen LogP contribution in [-0.2, 0) is 13.1 Å². The van der Waals surface area contributed by atoms with E-state index in [9.17, 15) is 5.11 Å². The van der Waals surface area contributed by atoms with Crippen molar-refractivity contribution in [2.45, 2.75) is 39.5 Å². The third-order valence-corrected chi connectivity index (χ3v) is 3.73. The van der Waals surface area contributed by atoms with Gasteiger partial charge in [-0.25, -0.2) is 0 Å². The molecule has 19 heavy (non-hydrogen) atoms. The van der Waals surface area contributed by atoms with Gasteiger partial charge in [-0.1, -0.05) is 0 Å². The lowest BCUT2D eigenvalue weighted by Crippen LogP contribution is -2.37. The van der Waals surface area contributed by atoms with Gasteiger partial charge in [0.05, 0.1) is 18.4 Å². The lowest BCUT2D eigenvalue weighted by molar-refractivity contribution is 0.0289. The molecule has 0 unspecified atom stereocenters. The molecule has 104 valence electrons. The summed E-state index contributed by atoms with van der Waals surface area (Å²) < 4.78 is 5.40. The van der Waals surface area contributed by atoms with Crippen molar-refractivity contribution >= 4 is 11.3 Å². The number of nitrogens with zero attached hydrogens (tertiary/aromatic N) is 1. The maximum Gasteiger partial charge on any atom is 0.117 e. The molecule has 0 aliphatic rings. The Labute approximate surface area is 118 Å². The van der Waals surface area contributed by atoms with Gasteiger partial charge in [-0.15, -0.1) is 11.3 Å². The zero-order chi connectivity index (χ0) is 13.9. The van der Waals surface area contributed by atoms with E-state index in [4.69, 9.17) is 4.42 Å². The van der Waals surface area contributed by atoms with Crippen molar-refractivity contribution in [3.63, 3.8) is 0 Å². The first-order valence-electron chi connectivity index (χ1n) is 6.45. The zero-order valence-corrected chi connectivity index (χ0v) is 12.5. The Balaban J connectivity index is 2.05. The molecule has 4 heteroatoms. The maximum absolute atomic E-state index is 10.0. The highest BCUT2D eigenvalue weighted by molar-refractivity contribution is 7.11. The molecule has 1 N–H and O–H groups in total. The molecule has 0 saturated carbocycles. The fourth-order valence-electron chi connectivity index (χ4n) is 2.13. The lowest BCUT2D eigenvalue weighted by atomic mass is 10.1. The first-order valence-corrected chi connectivity index (χ1v) is 7.26. The molecule has 2 aromatic rings. The van der Waals surface area contributed by atoms with Gasteiger partial charge in [0.1, 0.15) is 5.76 Å². The van der Waals surface area contributed by atoms with E-state index in [1.165, 1.54) is 9.75 Å². The van der Waals surface area contributed by atoms with Crippen molar-refractivity contribution in [2.24, 2.45) is 0 Å². The van der Waals surface area contributed by atoms with Crippen LogP contribution in [0, 0.1) is 6.92 Å². The number of aryl methyl sites for hydroxylation is 1. The molecule has 2 rings (SSSR count). The molecule has 0 amide bonds. The Morgan fingerprint density at radius 3 is 2.58 bits per heavy atom. The molecule has 0 aliphatic heterocycles. The minimum absolute atomic E-state index is 0.616. The highest BCUT2D eigenvalue weighted by atomic mass is 32.1. The van der Waals surface area contributed by atoms with Crippen molar-refractivity contribution in [1.82, 2.24) is 4.90 Å². The van der Waals surface area contributed by atoms with Crippen LogP contribution in [0.1, 0.15) is 29.4 Å². The Bertz CT molecular complexity index is 496. The van der Waals surface area contributed by atoms with Crippen LogP contribution in [0.25, 0.3) is 0 Å². The fourth-order valence-corrected chi connectivity index (χ4v) is 3.06. The van der Waals surface area contributed by atoms with Gasteiger partial charge in [0.15, 0.2) is 0 Å². The van der Waals surface area contributed by atoms with Gasteiger partial charge in [0.2, 0.25) is 0 Å². The van der Waals surface area contributed by atoms with E-state index in [1.54, 1.807) is 17.6 Å². The van der Waals surface area contributed by atoms with Crippen LogP contribution in [-0.4, -0.2) is 22.2 Å². The van der Waals surface area contributed by atoms with Crippen LogP contribution in [0.2, 0.25) is 0 Å². The quantitative estimate of drug-likeness (QED) is 0.880. The molecule has 0 bridgehead atoms. The predicted molar refractivity (Wildman–Crippen MR) is 78.2 cm³/mol.